The van der Waals surface area contributed by atoms with Crippen molar-refractivity contribution in [3.05, 3.63) is 34.3 Å². The first-order valence-corrected chi connectivity index (χ1v) is 8.56. The van der Waals surface area contributed by atoms with Crippen molar-refractivity contribution >= 4 is 33.0 Å². The van der Waals surface area contributed by atoms with Gasteiger partial charge < -0.3 is 4.42 Å². The minimum absolute atomic E-state index is 0.00787. The third-order valence-electron chi connectivity index (χ3n) is 2.52. The molecule has 0 bridgehead atoms. The predicted molar refractivity (Wildman–Crippen MR) is 78.6 cm³/mol. The molecule has 0 aliphatic carbocycles. The van der Waals surface area contributed by atoms with Crippen LogP contribution in [-0.4, -0.2) is 13.4 Å². The lowest BCUT2D eigenvalue weighted by Crippen LogP contribution is -2.22. The van der Waals surface area contributed by atoms with E-state index < -0.39 is 10.0 Å². The highest BCUT2D eigenvalue weighted by atomic mass is 35.5. The Bertz CT molecular complexity index is 698. The third-order valence-corrected chi connectivity index (χ3v) is 5.64. The molecule has 8 heteroatoms. The minimum Gasteiger partial charge on any atom is -0.444 e. The molecule has 1 N–H and O–H groups in total. The number of hydrogen-bond donors (Lipinski definition) is 1. The van der Waals surface area contributed by atoms with Crippen LogP contribution in [0.25, 0.3) is 0 Å². The number of halogens is 1. The second-order valence-corrected chi connectivity index (χ2v) is 8.96. The molecule has 2 rings (SSSR count). The first kappa shape index (κ1) is 15.5. The molecule has 0 spiro atoms. The quantitative estimate of drug-likeness (QED) is 0.932. The van der Waals surface area contributed by atoms with Crippen molar-refractivity contribution in [2.45, 2.75) is 36.9 Å². The Labute approximate surface area is 127 Å². The number of thiophene rings is 1. The van der Waals surface area contributed by atoms with Crippen molar-refractivity contribution in [2.24, 2.45) is 0 Å². The van der Waals surface area contributed by atoms with Crippen LogP contribution < -0.4 is 4.72 Å². The lowest BCUT2D eigenvalue weighted by Gasteiger charge is -2.13. The van der Waals surface area contributed by atoms with Crippen molar-refractivity contribution in [3.63, 3.8) is 0 Å². The molecule has 2 aromatic rings. The summed E-state index contributed by atoms with van der Waals surface area (Å²) >= 11 is 6.74. The second kappa shape index (κ2) is 5.48. The normalized spacial score (nSPS) is 12.8. The van der Waals surface area contributed by atoms with Gasteiger partial charge >= 0.3 is 0 Å². The zero-order chi connectivity index (χ0) is 15.0. The Hall–Kier alpha value is -0.890. The molecule has 20 heavy (non-hydrogen) atoms. The molecule has 0 amide bonds. The highest BCUT2D eigenvalue weighted by Gasteiger charge is 2.21. The van der Waals surface area contributed by atoms with Crippen molar-refractivity contribution < 1.29 is 12.8 Å². The van der Waals surface area contributed by atoms with Crippen molar-refractivity contribution in [3.8, 4) is 0 Å². The van der Waals surface area contributed by atoms with Crippen LogP contribution in [0, 0.1) is 0 Å². The maximum Gasteiger partial charge on any atom is 0.250 e. The monoisotopic (exact) mass is 334 g/mol. The Morgan fingerprint density at radius 1 is 1.40 bits per heavy atom. The van der Waals surface area contributed by atoms with Gasteiger partial charge in [-0.2, -0.15) is 0 Å². The molecule has 2 heterocycles. The van der Waals surface area contributed by atoms with E-state index in [4.69, 9.17) is 16.0 Å². The number of nitrogens with one attached hydrogen (secondary N) is 1. The Morgan fingerprint density at radius 3 is 2.60 bits per heavy atom. The van der Waals surface area contributed by atoms with E-state index in [0.29, 0.717) is 16.0 Å². The summed E-state index contributed by atoms with van der Waals surface area (Å²) in [7, 11) is -3.58. The average molecular weight is 335 g/mol. The molecule has 2 aromatic heterocycles. The van der Waals surface area contributed by atoms with E-state index in [0.717, 1.165) is 11.3 Å². The van der Waals surface area contributed by atoms with Gasteiger partial charge in [0.1, 0.15) is 9.97 Å². The highest BCUT2D eigenvalue weighted by Crippen LogP contribution is 2.26. The van der Waals surface area contributed by atoms with E-state index in [1.54, 1.807) is 12.3 Å². The Kier molecular flexibility index (Phi) is 4.24. The van der Waals surface area contributed by atoms with Gasteiger partial charge in [0.05, 0.1) is 17.1 Å². The molecule has 0 saturated carbocycles. The Balaban J connectivity index is 2.07. The van der Waals surface area contributed by atoms with Gasteiger partial charge in [-0.25, -0.2) is 18.1 Å². The molecular weight excluding hydrogens is 320 g/mol. The molecule has 0 aromatic carbocycles. The SMILES string of the molecule is CC(C)(C)c1cnc(CNS(=O)(=O)c2ccc(Cl)s2)o1. The lowest BCUT2D eigenvalue weighted by atomic mass is 9.94. The summed E-state index contributed by atoms with van der Waals surface area (Å²) in [5.74, 6) is 1.05. The van der Waals surface area contributed by atoms with E-state index in [1.807, 2.05) is 20.8 Å². The molecule has 0 atom stereocenters. The van der Waals surface area contributed by atoms with E-state index in [9.17, 15) is 8.42 Å². The van der Waals surface area contributed by atoms with Crippen molar-refractivity contribution in [1.29, 1.82) is 0 Å². The van der Waals surface area contributed by atoms with Gasteiger partial charge in [0.2, 0.25) is 5.89 Å². The zero-order valence-corrected chi connectivity index (χ0v) is 13.7. The van der Waals surface area contributed by atoms with Crippen molar-refractivity contribution in [1.82, 2.24) is 9.71 Å². The molecule has 5 nitrogen and oxygen atoms in total. The van der Waals surface area contributed by atoms with Crippen molar-refractivity contribution in [2.75, 3.05) is 0 Å². The summed E-state index contributed by atoms with van der Waals surface area (Å²) in [5.41, 5.74) is -0.161. The van der Waals surface area contributed by atoms with E-state index in [2.05, 4.69) is 9.71 Å². The number of aromatic nitrogens is 1. The van der Waals surface area contributed by atoms with Crippen LogP contribution in [0.4, 0.5) is 0 Å². The number of rotatable bonds is 4. The molecule has 0 aliphatic rings. The van der Waals surface area contributed by atoms with E-state index in [1.165, 1.54) is 6.07 Å². The zero-order valence-electron chi connectivity index (χ0n) is 11.3. The largest absolute Gasteiger partial charge is 0.444 e. The lowest BCUT2D eigenvalue weighted by molar-refractivity contribution is 0.380. The molecule has 0 radical (unpaired) electrons. The van der Waals surface area contributed by atoms with E-state index >= 15 is 0 Å². The summed E-state index contributed by atoms with van der Waals surface area (Å²) in [6.45, 7) is 5.99. The van der Waals surface area contributed by atoms with Crippen LogP contribution in [0.1, 0.15) is 32.4 Å². The van der Waals surface area contributed by atoms with Crippen LogP contribution in [0.15, 0.2) is 27.0 Å². The fourth-order valence-corrected chi connectivity index (χ4v) is 3.91. The van der Waals surface area contributed by atoms with Crippen LogP contribution in [0.2, 0.25) is 4.34 Å². The Morgan fingerprint density at radius 2 is 2.10 bits per heavy atom. The van der Waals surface area contributed by atoms with Crippen LogP contribution in [0.3, 0.4) is 0 Å². The van der Waals surface area contributed by atoms with Crippen LogP contribution >= 0.6 is 22.9 Å². The third kappa shape index (κ3) is 3.60. The number of sulfonamides is 1. The molecule has 110 valence electrons. The standard InChI is InChI=1S/C12H15ClN2O3S2/c1-12(2,3)8-6-14-10(18-8)7-15-20(16,17)11-5-4-9(13)19-11/h4-6,15H,7H2,1-3H3. The summed E-state index contributed by atoms with van der Waals surface area (Å²) in [6, 6.07) is 3.01. The molecule has 0 unspecified atom stereocenters. The second-order valence-electron chi connectivity index (χ2n) is 5.25. The number of oxazole rings is 1. The molecular formula is C12H15ClN2O3S2. The number of hydrogen-bond acceptors (Lipinski definition) is 5. The van der Waals surface area contributed by atoms with Gasteiger partial charge in [-0.15, -0.1) is 11.3 Å². The van der Waals surface area contributed by atoms with Gasteiger partial charge in [-0.3, -0.25) is 0 Å². The molecule has 0 aliphatic heterocycles. The maximum atomic E-state index is 12.0. The summed E-state index contributed by atoms with van der Waals surface area (Å²) < 4.78 is 32.5. The summed E-state index contributed by atoms with van der Waals surface area (Å²) in [6.07, 6.45) is 1.62. The van der Waals surface area contributed by atoms with Gasteiger partial charge in [0, 0.05) is 5.41 Å². The van der Waals surface area contributed by atoms with E-state index in [-0.39, 0.29) is 16.2 Å². The minimum atomic E-state index is -3.58. The fraction of sp³-hybridized carbons (Fsp3) is 0.417. The number of nitrogens with zero attached hydrogens (tertiary/aromatic N) is 1. The maximum absolute atomic E-state index is 12.0. The smallest absolute Gasteiger partial charge is 0.250 e. The molecule has 0 saturated heterocycles. The van der Waals surface area contributed by atoms with Gasteiger partial charge in [-0.1, -0.05) is 32.4 Å². The average Bonchev–Trinajstić information content (AvgIpc) is 2.94. The van der Waals surface area contributed by atoms with Gasteiger partial charge in [0.25, 0.3) is 10.0 Å². The predicted octanol–water partition coefficient (Wildman–Crippen LogP) is 3.17. The molecule has 0 fully saturated rings. The first-order valence-electron chi connectivity index (χ1n) is 5.89. The summed E-state index contributed by atoms with van der Waals surface area (Å²) in [5, 5.41) is 0. The van der Waals surface area contributed by atoms with Gasteiger partial charge in [0.15, 0.2) is 0 Å². The van der Waals surface area contributed by atoms with Crippen LogP contribution in [-0.2, 0) is 22.0 Å². The highest BCUT2D eigenvalue weighted by molar-refractivity contribution is 7.91. The van der Waals surface area contributed by atoms with Crippen LogP contribution in [0.5, 0.6) is 0 Å². The first-order chi connectivity index (χ1) is 9.18. The summed E-state index contributed by atoms with van der Waals surface area (Å²) in [4.78, 5) is 4.07. The topological polar surface area (TPSA) is 72.2 Å². The van der Waals surface area contributed by atoms with Gasteiger partial charge in [-0.05, 0) is 12.1 Å². The fourth-order valence-electron chi connectivity index (χ4n) is 1.41.